The number of methoxy groups -OCH3 is 1. The molecule has 2 aliphatic rings. The lowest BCUT2D eigenvalue weighted by molar-refractivity contribution is -0.143. The van der Waals surface area contributed by atoms with Gasteiger partial charge in [-0.3, -0.25) is 9.69 Å². The highest BCUT2D eigenvalue weighted by Crippen LogP contribution is 2.52. The molecule has 24 heavy (non-hydrogen) atoms. The van der Waals surface area contributed by atoms with E-state index in [1.807, 2.05) is 19.9 Å². The molecule has 2 aromatic rings. The van der Waals surface area contributed by atoms with E-state index in [9.17, 15) is 9.59 Å². The zero-order valence-corrected chi connectivity index (χ0v) is 14.2. The third kappa shape index (κ3) is 2.44. The smallest absolute Gasteiger partial charge is 0.336 e. The molecule has 0 N–H and O–H groups in total. The number of carbonyl (C=O) groups is 1. The van der Waals surface area contributed by atoms with Gasteiger partial charge >= 0.3 is 11.6 Å². The Bertz CT molecular complexity index is 873. The van der Waals surface area contributed by atoms with E-state index >= 15 is 0 Å². The van der Waals surface area contributed by atoms with Gasteiger partial charge in [0.25, 0.3) is 0 Å². The van der Waals surface area contributed by atoms with E-state index < -0.39 is 0 Å². The Balaban J connectivity index is 1.58. The van der Waals surface area contributed by atoms with Gasteiger partial charge < -0.3 is 9.15 Å². The van der Waals surface area contributed by atoms with Gasteiger partial charge in [-0.1, -0.05) is 6.07 Å². The number of ether oxygens (including phenoxy) is 1. The number of likely N-dealkylation sites (tertiary alicyclic amines) is 1. The molecule has 2 fully saturated rings. The Labute approximate surface area is 140 Å². The van der Waals surface area contributed by atoms with Crippen LogP contribution >= 0.6 is 0 Å². The van der Waals surface area contributed by atoms with Crippen LogP contribution in [0.1, 0.15) is 16.7 Å². The maximum absolute atomic E-state index is 11.9. The number of aryl methyl sites for hydroxylation is 2. The van der Waals surface area contributed by atoms with Crippen molar-refractivity contribution in [2.45, 2.75) is 20.4 Å². The molecule has 0 amide bonds. The third-order valence-corrected chi connectivity index (χ3v) is 5.40. The van der Waals surface area contributed by atoms with Crippen molar-refractivity contribution < 1.29 is 13.9 Å². The van der Waals surface area contributed by atoms with E-state index in [0.717, 1.165) is 35.2 Å². The molecule has 1 saturated carbocycles. The zero-order chi connectivity index (χ0) is 17.0. The largest absolute Gasteiger partial charge is 0.469 e. The summed E-state index contributed by atoms with van der Waals surface area (Å²) >= 11 is 0. The zero-order valence-electron chi connectivity index (χ0n) is 14.2. The summed E-state index contributed by atoms with van der Waals surface area (Å²) in [5.41, 5.74) is 3.52. The van der Waals surface area contributed by atoms with Crippen LogP contribution in [0.4, 0.5) is 0 Å². The van der Waals surface area contributed by atoms with E-state index in [-0.39, 0.29) is 17.5 Å². The molecule has 2 heterocycles. The average Bonchev–Trinajstić information content (AvgIpc) is 3.03. The summed E-state index contributed by atoms with van der Waals surface area (Å²) in [7, 11) is 1.45. The Morgan fingerprint density at radius 1 is 1.25 bits per heavy atom. The summed E-state index contributed by atoms with van der Waals surface area (Å²) in [5.74, 6) is 0.814. The van der Waals surface area contributed by atoms with Gasteiger partial charge in [0.2, 0.25) is 0 Å². The van der Waals surface area contributed by atoms with E-state index in [1.165, 1.54) is 7.11 Å². The van der Waals surface area contributed by atoms with Gasteiger partial charge in [-0.2, -0.15) is 0 Å². The number of esters is 1. The highest BCUT2D eigenvalue weighted by Gasteiger charge is 2.59. The molecular formula is C19H21NO4. The standard InChI is InChI=1S/C19H21NO4/c1-10-4-11(2)18-13(5-10)12(6-16(21)24-18)7-20-8-14-15(9-20)17(14)19(22)23-3/h4-6,14-15,17H,7-9H2,1-3H3/t14-,15+,17?. The van der Waals surface area contributed by atoms with Gasteiger partial charge in [0.05, 0.1) is 13.0 Å². The van der Waals surface area contributed by atoms with Crippen molar-refractivity contribution in [1.29, 1.82) is 0 Å². The number of nitrogens with zero attached hydrogens (tertiary/aromatic N) is 1. The maximum atomic E-state index is 11.9. The Morgan fingerprint density at radius 3 is 2.62 bits per heavy atom. The first-order valence-corrected chi connectivity index (χ1v) is 8.32. The van der Waals surface area contributed by atoms with Gasteiger partial charge in [-0.15, -0.1) is 0 Å². The van der Waals surface area contributed by atoms with Gasteiger partial charge in [0, 0.05) is 31.1 Å². The minimum atomic E-state index is -0.304. The quantitative estimate of drug-likeness (QED) is 0.639. The van der Waals surface area contributed by atoms with E-state index in [1.54, 1.807) is 6.07 Å². The van der Waals surface area contributed by atoms with E-state index in [2.05, 4.69) is 11.0 Å². The number of carbonyl (C=O) groups excluding carboxylic acids is 1. The van der Waals surface area contributed by atoms with Crippen LogP contribution in [0.3, 0.4) is 0 Å². The lowest BCUT2D eigenvalue weighted by atomic mass is 10.0. The summed E-state index contributed by atoms with van der Waals surface area (Å²) < 4.78 is 10.3. The first-order chi connectivity index (χ1) is 11.5. The first-order valence-electron chi connectivity index (χ1n) is 8.32. The summed E-state index contributed by atoms with van der Waals surface area (Å²) in [4.78, 5) is 25.9. The molecule has 0 radical (unpaired) electrons. The molecule has 4 rings (SSSR count). The van der Waals surface area contributed by atoms with Crippen molar-refractivity contribution in [2.24, 2.45) is 17.8 Å². The Kier molecular flexibility index (Phi) is 3.49. The number of benzene rings is 1. The minimum absolute atomic E-state index is 0.0772. The molecule has 0 bridgehead atoms. The number of piperidine rings is 1. The highest BCUT2D eigenvalue weighted by atomic mass is 16.5. The number of hydrogen-bond donors (Lipinski definition) is 0. The summed E-state index contributed by atoms with van der Waals surface area (Å²) in [6.45, 7) is 6.50. The minimum Gasteiger partial charge on any atom is -0.469 e. The van der Waals surface area contributed by atoms with Crippen LogP contribution in [0.25, 0.3) is 11.0 Å². The fourth-order valence-corrected chi connectivity index (χ4v) is 4.28. The van der Waals surface area contributed by atoms with Crippen LogP contribution in [-0.4, -0.2) is 31.1 Å². The molecule has 1 aromatic carbocycles. The van der Waals surface area contributed by atoms with Crippen LogP contribution in [0, 0.1) is 31.6 Å². The molecule has 0 spiro atoms. The van der Waals surface area contributed by atoms with Crippen molar-refractivity contribution in [3.05, 3.63) is 45.3 Å². The van der Waals surface area contributed by atoms with Crippen molar-refractivity contribution in [3.8, 4) is 0 Å². The van der Waals surface area contributed by atoms with Gasteiger partial charge in [0.15, 0.2) is 0 Å². The van der Waals surface area contributed by atoms with Crippen LogP contribution in [0.15, 0.2) is 27.4 Å². The predicted molar refractivity (Wildman–Crippen MR) is 89.7 cm³/mol. The second-order valence-electron chi connectivity index (χ2n) is 7.12. The van der Waals surface area contributed by atoms with Crippen LogP contribution < -0.4 is 5.63 Å². The average molecular weight is 327 g/mol. The monoisotopic (exact) mass is 327 g/mol. The summed E-state index contributed by atoms with van der Waals surface area (Å²) in [5, 5.41) is 1.01. The van der Waals surface area contributed by atoms with Crippen molar-refractivity contribution >= 4 is 16.9 Å². The SMILES string of the molecule is COC(=O)C1[C@H]2CN(Cc3cc(=O)oc4c(C)cc(C)cc34)C[C@@H]12. The fourth-order valence-electron chi connectivity index (χ4n) is 4.28. The molecule has 1 aromatic heterocycles. The van der Waals surface area contributed by atoms with Gasteiger partial charge in [0.1, 0.15) is 5.58 Å². The number of hydrogen-bond acceptors (Lipinski definition) is 5. The Morgan fingerprint density at radius 2 is 1.96 bits per heavy atom. The topological polar surface area (TPSA) is 59.8 Å². The molecular weight excluding hydrogens is 306 g/mol. The van der Waals surface area contributed by atoms with Crippen molar-refractivity contribution in [1.82, 2.24) is 4.90 Å². The van der Waals surface area contributed by atoms with E-state index in [4.69, 9.17) is 9.15 Å². The van der Waals surface area contributed by atoms with Crippen LogP contribution in [0.2, 0.25) is 0 Å². The maximum Gasteiger partial charge on any atom is 0.336 e. The normalized spacial score (nSPS) is 25.7. The Hall–Kier alpha value is -2.14. The predicted octanol–water partition coefficient (Wildman–Crippen LogP) is 2.26. The molecule has 5 heteroatoms. The summed E-state index contributed by atoms with van der Waals surface area (Å²) in [6, 6.07) is 5.71. The van der Waals surface area contributed by atoms with Crippen molar-refractivity contribution in [3.63, 3.8) is 0 Å². The van der Waals surface area contributed by atoms with Crippen molar-refractivity contribution in [2.75, 3.05) is 20.2 Å². The lowest BCUT2D eigenvalue weighted by Gasteiger charge is -2.20. The first kappa shape index (κ1) is 15.4. The second-order valence-corrected chi connectivity index (χ2v) is 7.12. The third-order valence-electron chi connectivity index (χ3n) is 5.40. The molecule has 1 aliphatic carbocycles. The molecule has 5 nitrogen and oxygen atoms in total. The molecule has 1 unspecified atom stereocenters. The van der Waals surface area contributed by atoms with E-state index in [0.29, 0.717) is 24.0 Å². The van der Waals surface area contributed by atoms with Gasteiger partial charge in [-0.05, 0) is 48.4 Å². The molecule has 126 valence electrons. The molecule has 1 aliphatic heterocycles. The number of fused-ring (bicyclic) bond motifs is 2. The number of rotatable bonds is 3. The molecule has 3 atom stereocenters. The summed E-state index contributed by atoms with van der Waals surface area (Å²) in [6.07, 6.45) is 0. The second kappa shape index (κ2) is 5.45. The molecule has 1 saturated heterocycles. The van der Waals surface area contributed by atoms with Crippen LogP contribution in [0.5, 0.6) is 0 Å². The highest BCUT2D eigenvalue weighted by molar-refractivity contribution is 5.83. The fraction of sp³-hybridized carbons (Fsp3) is 0.474. The van der Waals surface area contributed by atoms with Gasteiger partial charge in [-0.25, -0.2) is 4.79 Å². The lowest BCUT2D eigenvalue weighted by Crippen LogP contribution is -2.26. The van der Waals surface area contributed by atoms with Crippen LogP contribution in [-0.2, 0) is 16.1 Å².